The molecule has 0 radical (unpaired) electrons. The molecule has 0 bridgehead atoms. The summed E-state index contributed by atoms with van der Waals surface area (Å²) in [6.07, 6.45) is 3.22. The number of rotatable bonds is 2. The van der Waals surface area contributed by atoms with Gasteiger partial charge in [0.05, 0.1) is 5.56 Å². The largest absolute Gasteiger partial charge is 0.335 e. The fourth-order valence-corrected chi connectivity index (χ4v) is 2.82. The molecule has 2 aromatic rings. The monoisotopic (exact) mass is 373 g/mol. The number of amides is 2. The van der Waals surface area contributed by atoms with E-state index in [-0.39, 0.29) is 11.8 Å². The van der Waals surface area contributed by atoms with Gasteiger partial charge in [0.2, 0.25) is 0 Å². The van der Waals surface area contributed by atoms with Crippen molar-refractivity contribution >= 4 is 27.7 Å². The molecule has 0 spiro atoms. The Kier molecular flexibility index (Phi) is 4.71. The molecule has 1 aromatic heterocycles. The second-order valence-electron chi connectivity index (χ2n) is 5.33. The van der Waals surface area contributed by atoms with Crippen LogP contribution in [0.5, 0.6) is 0 Å². The van der Waals surface area contributed by atoms with Gasteiger partial charge in [-0.1, -0.05) is 15.9 Å². The molecule has 0 atom stereocenters. The van der Waals surface area contributed by atoms with Crippen LogP contribution in [0, 0.1) is 0 Å². The van der Waals surface area contributed by atoms with E-state index in [1.54, 1.807) is 46.5 Å². The summed E-state index contributed by atoms with van der Waals surface area (Å²) < 4.78 is 0.945. The van der Waals surface area contributed by atoms with Crippen molar-refractivity contribution in [1.82, 2.24) is 14.8 Å². The number of carbonyl (C=O) groups excluding carboxylic acids is 2. The van der Waals surface area contributed by atoms with Crippen molar-refractivity contribution in [1.29, 1.82) is 0 Å². The van der Waals surface area contributed by atoms with Crippen LogP contribution in [-0.2, 0) is 0 Å². The number of nitrogens with zero attached hydrogens (tertiary/aromatic N) is 3. The summed E-state index contributed by atoms with van der Waals surface area (Å²) in [5, 5.41) is 0. The summed E-state index contributed by atoms with van der Waals surface area (Å²) in [6.45, 7) is 2.16. The van der Waals surface area contributed by atoms with Crippen molar-refractivity contribution in [2.45, 2.75) is 0 Å². The van der Waals surface area contributed by atoms with Gasteiger partial charge < -0.3 is 9.80 Å². The molecule has 118 valence electrons. The smallest absolute Gasteiger partial charge is 0.255 e. The first kappa shape index (κ1) is 15.7. The van der Waals surface area contributed by atoms with Crippen molar-refractivity contribution in [3.8, 4) is 0 Å². The third kappa shape index (κ3) is 3.59. The predicted octanol–water partition coefficient (Wildman–Crippen LogP) is 2.44. The molecule has 0 saturated carbocycles. The Bertz CT molecular complexity index is 696. The van der Waals surface area contributed by atoms with E-state index in [4.69, 9.17) is 0 Å². The minimum absolute atomic E-state index is 0.00553. The van der Waals surface area contributed by atoms with Gasteiger partial charge >= 0.3 is 0 Å². The van der Waals surface area contributed by atoms with E-state index in [1.165, 1.54) is 0 Å². The van der Waals surface area contributed by atoms with Crippen LogP contribution in [0.15, 0.2) is 53.3 Å². The Balaban J connectivity index is 1.61. The molecule has 1 fully saturated rings. The van der Waals surface area contributed by atoms with Gasteiger partial charge in [0, 0.05) is 48.6 Å². The second-order valence-corrected chi connectivity index (χ2v) is 6.25. The molecule has 1 aliphatic rings. The van der Waals surface area contributed by atoms with E-state index >= 15 is 0 Å². The summed E-state index contributed by atoms with van der Waals surface area (Å²) in [6, 6.07) is 10.8. The van der Waals surface area contributed by atoms with Gasteiger partial charge in [0.1, 0.15) is 0 Å². The maximum Gasteiger partial charge on any atom is 0.255 e. The number of pyridine rings is 1. The van der Waals surface area contributed by atoms with Crippen molar-refractivity contribution < 1.29 is 9.59 Å². The number of piperazine rings is 1. The Morgan fingerprint density at radius 2 is 1.43 bits per heavy atom. The molecular weight excluding hydrogens is 358 g/mol. The van der Waals surface area contributed by atoms with E-state index < -0.39 is 0 Å². The predicted molar refractivity (Wildman–Crippen MR) is 90.2 cm³/mol. The van der Waals surface area contributed by atoms with Crippen molar-refractivity contribution in [3.05, 3.63) is 64.4 Å². The van der Waals surface area contributed by atoms with E-state index in [0.717, 1.165) is 4.47 Å². The molecule has 1 aliphatic heterocycles. The normalized spacial score (nSPS) is 14.7. The molecular formula is C17H16BrN3O2. The highest BCUT2D eigenvalue weighted by atomic mass is 79.9. The average molecular weight is 374 g/mol. The lowest BCUT2D eigenvalue weighted by molar-refractivity contribution is 0.0535. The molecule has 0 unspecified atom stereocenters. The molecule has 0 N–H and O–H groups in total. The molecule has 3 rings (SSSR count). The third-order valence-corrected chi connectivity index (χ3v) is 4.38. The summed E-state index contributed by atoms with van der Waals surface area (Å²) in [4.78, 5) is 32.3. The lowest BCUT2D eigenvalue weighted by atomic mass is 10.1. The standard InChI is InChI=1S/C17H16BrN3O2/c18-15-5-3-13(4-6-15)16(22)20-8-10-21(11-9-20)17(23)14-2-1-7-19-12-14/h1-7,12H,8-11H2. The molecule has 6 heteroatoms. The molecule has 2 amide bonds. The summed E-state index contributed by atoms with van der Waals surface area (Å²) in [7, 11) is 0. The Morgan fingerprint density at radius 1 is 0.870 bits per heavy atom. The van der Waals surface area contributed by atoms with Gasteiger partial charge in [0.15, 0.2) is 0 Å². The Labute approximate surface area is 143 Å². The molecule has 2 heterocycles. The summed E-state index contributed by atoms with van der Waals surface area (Å²) in [5.41, 5.74) is 1.25. The van der Waals surface area contributed by atoms with Crippen LogP contribution < -0.4 is 0 Å². The van der Waals surface area contributed by atoms with Crippen LogP contribution in [0.1, 0.15) is 20.7 Å². The van der Waals surface area contributed by atoms with Crippen LogP contribution in [0.4, 0.5) is 0 Å². The average Bonchev–Trinajstić information content (AvgIpc) is 2.62. The first-order chi connectivity index (χ1) is 11.1. The lowest BCUT2D eigenvalue weighted by Gasteiger charge is -2.34. The molecule has 1 saturated heterocycles. The zero-order valence-electron chi connectivity index (χ0n) is 12.5. The zero-order chi connectivity index (χ0) is 16.2. The maximum atomic E-state index is 12.5. The number of carbonyl (C=O) groups is 2. The lowest BCUT2D eigenvalue weighted by Crippen LogP contribution is -2.50. The fraction of sp³-hybridized carbons (Fsp3) is 0.235. The number of aromatic nitrogens is 1. The molecule has 5 nitrogen and oxygen atoms in total. The number of hydrogen-bond acceptors (Lipinski definition) is 3. The summed E-state index contributed by atoms with van der Waals surface area (Å²) in [5.74, 6) is -0.0279. The molecule has 1 aromatic carbocycles. The SMILES string of the molecule is O=C(c1ccc(Br)cc1)N1CCN(C(=O)c2cccnc2)CC1. The Hall–Kier alpha value is -2.21. The zero-order valence-corrected chi connectivity index (χ0v) is 14.1. The van der Waals surface area contributed by atoms with Crippen LogP contribution in [0.3, 0.4) is 0 Å². The summed E-state index contributed by atoms with van der Waals surface area (Å²) >= 11 is 3.36. The van der Waals surface area contributed by atoms with Gasteiger partial charge in [-0.3, -0.25) is 14.6 Å². The second kappa shape index (κ2) is 6.91. The first-order valence-corrected chi connectivity index (χ1v) is 8.18. The minimum atomic E-state index is -0.0335. The van der Waals surface area contributed by atoms with Gasteiger partial charge in [-0.25, -0.2) is 0 Å². The topological polar surface area (TPSA) is 53.5 Å². The fourth-order valence-electron chi connectivity index (χ4n) is 2.56. The van der Waals surface area contributed by atoms with Gasteiger partial charge in [0.25, 0.3) is 11.8 Å². The van der Waals surface area contributed by atoms with Gasteiger partial charge in [-0.05, 0) is 36.4 Å². The number of benzene rings is 1. The Morgan fingerprint density at radius 3 is 1.96 bits per heavy atom. The molecule has 0 aliphatic carbocycles. The van der Waals surface area contributed by atoms with Crippen LogP contribution in [0.2, 0.25) is 0 Å². The highest BCUT2D eigenvalue weighted by Gasteiger charge is 2.25. The quantitative estimate of drug-likeness (QED) is 0.812. The minimum Gasteiger partial charge on any atom is -0.335 e. The van der Waals surface area contributed by atoms with Crippen molar-refractivity contribution in [3.63, 3.8) is 0 Å². The highest BCUT2D eigenvalue weighted by molar-refractivity contribution is 9.10. The van der Waals surface area contributed by atoms with Gasteiger partial charge in [-0.2, -0.15) is 0 Å². The van der Waals surface area contributed by atoms with E-state index in [1.807, 2.05) is 12.1 Å². The van der Waals surface area contributed by atoms with Crippen LogP contribution >= 0.6 is 15.9 Å². The van der Waals surface area contributed by atoms with Crippen molar-refractivity contribution in [2.75, 3.05) is 26.2 Å². The number of hydrogen-bond donors (Lipinski definition) is 0. The van der Waals surface area contributed by atoms with E-state index in [0.29, 0.717) is 37.3 Å². The third-order valence-electron chi connectivity index (χ3n) is 3.85. The van der Waals surface area contributed by atoms with E-state index in [2.05, 4.69) is 20.9 Å². The van der Waals surface area contributed by atoms with Crippen LogP contribution in [0.25, 0.3) is 0 Å². The van der Waals surface area contributed by atoms with Crippen molar-refractivity contribution in [2.24, 2.45) is 0 Å². The molecule has 23 heavy (non-hydrogen) atoms. The van der Waals surface area contributed by atoms with E-state index in [9.17, 15) is 9.59 Å². The number of halogens is 1. The van der Waals surface area contributed by atoms with Crippen LogP contribution in [-0.4, -0.2) is 52.8 Å². The van der Waals surface area contributed by atoms with Gasteiger partial charge in [-0.15, -0.1) is 0 Å². The maximum absolute atomic E-state index is 12.5. The first-order valence-electron chi connectivity index (χ1n) is 7.39. The highest BCUT2D eigenvalue weighted by Crippen LogP contribution is 2.14.